The highest BCUT2D eigenvalue weighted by Crippen LogP contribution is 2.37. The van der Waals surface area contributed by atoms with Crippen molar-refractivity contribution in [2.75, 3.05) is 6.61 Å². The zero-order chi connectivity index (χ0) is 35.9. The van der Waals surface area contributed by atoms with Gasteiger partial charge in [0, 0.05) is 0 Å². The summed E-state index contributed by atoms with van der Waals surface area (Å²) in [6.45, 7) is 2.75. The standard InChI is InChI=1S/C35H50O15/c1-18-10-9-15-22(29(18)49-34-28(40)27(39)25(37)19(2)44-34)46-35-31(48-32(41)21-13-7-4-8-14-21)30(26(38)24(17-36)47-35)45-23(33(42)50-43)16-20-11-5-3-6-12-20/h4,7-8,13-14,16,18-20,22,24-31,34-40,43H,3,5-6,9-12,15,17H2,1-2H3/b23-16-. The molecule has 280 valence electrons. The second-order valence-electron chi connectivity index (χ2n) is 13.7. The first-order valence-electron chi connectivity index (χ1n) is 17.5. The van der Waals surface area contributed by atoms with E-state index >= 15 is 0 Å². The molecule has 1 aromatic carbocycles. The number of allylic oxidation sites excluding steroid dienone is 1. The van der Waals surface area contributed by atoms with Gasteiger partial charge in [0.25, 0.3) is 0 Å². The lowest BCUT2D eigenvalue weighted by Crippen LogP contribution is -2.63. The van der Waals surface area contributed by atoms with E-state index in [1.165, 1.54) is 18.2 Å². The average Bonchev–Trinajstić information content (AvgIpc) is 3.13. The fraction of sp³-hybridized carbons (Fsp3) is 0.714. The lowest BCUT2D eigenvalue weighted by atomic mass is 9.85. The van der Waals surface area contributed by atoms with Crippen LogP contribution in [0.2, 0.25) is 0 Å². The summed E-state index contributed by atoms with van der Waals surface area (Å²) in [4.78, 5) is 30.3. The van der Waals surface area contributed by atoms with Crippen molar-refractivity contribution in [1.82, 2.24) is 0 Å². The molecule has 4 aliphatic rings. The number of aliphatic hydroxyl groups is 5. The van der Waals surface area contributed by atoms with Gasteiger partial charge in [-0.2, -0.15) is 5.26 Å². The smallest absolute Gasteiger partial charge is 0.406 e. The molecule has 2 aliphatic heterocycles. The number of esters is 1. The van der Waals surface area contributed by atoms with Crippen LogP contribution in [0.3, 0.4) is 0 Å². The fourth-order valence-electron chi connectivity index (χ4n) is 7.19. The number of hydrogen-bond acceptors (Lipinski definition) is 15. The van der Waals surface area contributed by atoms with E-state index in [-0.39, 0.29) is 17.4 Å². The summed E-state index contributed by atoms with van der Waals surface area (Å²) in [5, 5.41) is 62.2. The van der Waals surface area contributed by atoms with E-state index in [9.17, 15) is 40.4 Å². The molecular weight excluding hydrogens is 660 g/mol. The number of rotatable bonds is 11. The van der Waals surface area contributed by atoms with Crippen LogP contribution < -0.4 is 0 Å². The molecule has 0 radical (unpaired) electrons. The van der Waals surface area contributed by atoms with Gasteiger partial charge in [-0.3, -0.25) is 4.89 Å². The Labute approximate surface area is 290 Å². The molecule has 0 aromatic heterocycles. The van der Waals surface area contributed by atoms with Gasteiger partial charge < -0.3 is 54.0 Å². The molecule has 4 fully saturated rings. The molecule has 6 N–H and O–H groups in total. The van der Waals surface area contributed by atoms with Crippen molar-refractivity contribution in [3.05, 3.63) is 47.7 Å². The molecule has 50 heavy (non-hydrogen) atoms. The highest BCUT2D eigenvalue weighted by Gasteiger charge is 2.53. The van der Waals surface area contributed by atoms with Crippen LogP contribution in [0.4, 0.5) is 0 Å². The molecule has 1 aromatic rings. The van der Waals surface area contributed by atoms with E-state index in [1.807, 2.05) is 6.92 Å². The molecule has 13 atom stereocenters. The first kappa shape index (κ1) is 38.5. The highest BCUT2D eigenvalue weighted by molar-refractivity contribution is 5.89. The normalized spacial score (nSPS) is 38.6. The minimum Gasteiger partial charge on any atom is -0.476 e. The van der Waals surface area contributed by atoms with Crippen molar-refractivity contribution < 1.29 is 73.7 Å². The van der Waals surface area contributed by atoms with Crippen LogP contribution in [0.1, 0.15) is 75.6 Å². The summed E-state index contributed by atoms with van der Waals surface area (Å²) >= 11 is 0. The molecule has 0 amide bonds. The third kappa shape index (κ3) is 9.02. The van der Waals surface area contributed by atoms with E-state index in [4.69, 9.17) is 28.4 Å². The van der Waals surface area contributed by atoms with Gasteiger partial charge in [-0.15, -0.1) is 0 Å². The molecule has 13 unspecified atom stereocenters. The number of benzene rings is 1. The first-order chi connectivity index (χ1) is 24.0. The summed E-state index contributed by atoms with van der Waals surface area (Å²) in [7, 11) is 0. The Kier molecular flexibility index (Phi) is 13.6. The van der Waals surface area contributed by atoms with Crippen LogP contribution in [-0.2, 0) is 38.1 Å². The maximum absolute atomic E-state index is 13.5. The summed E-state index contributed by atoms with van der Waals surface area (Å²) in [5.74, 6) is -2.69. The van der Waals surface area contributed by atoms with Gasteiger partial charge in [-0.05, 0) is 62.7 Å². The zero-order valence-electron chi connectivity index (χ0n) is 28.3. The number of aliphatic hydroxyl groups excluding tert-OH is 5. The van der Waals surface area contributed by atoms with Crippen molar-refractivity contribution in [1.29, 1.82) is 0 Å². The number of carbonyl (C=O) groups excluding carboxylic acids is 2. The number of ether oxygens (including phenoxy) is 6. The van der Waals surface area contributed by atoms with Crippen LogP contribution in [-0.4, -0.2) is 123 Å². The molecule has 15 heteroatoms. The van der Waals surface area contributed by atoms with Gasteiger partial charge in [0.1, 0.15) is 30.5 Å². The molecule has 2 aliphatic carbocycles. The van der Waals surface area contributed by atoms with Gasteiger partial charge in [0.05, 0.1) is 30.5 Å². The average molecular weight is 711 g/mol. The lowest BCUT2D eigenvalue weighted by molar-refractivity contribution is -0.345. The van der Waals surface area contributed by atoms with E-state index < -0.39 is 97.9 Å². The predicted molar refractivity (Wildman–Crippen MR) is 171 cm³/mol. The highest BCUT2D eigenvalue weighted by atomic mass is 17.1. The van der Waals surface area contributed by atoms with Crippen LogP contribution in [0, 0.1) is 11.8 Å². The second-order valence-corrected chi connectivity index (χ2v) is 13.7. The van der Waals surface area contributed by atoms with Crippen LogP contribution in [0.15, 0.2) is 42.2 Å². The molecule has 15 nitrogen and oxygen atoms in total. The molecule has 2 heterocycles. The van der Waals surface area contributed by atoms with E-state index in [2.05, 4.69) is 4.89 Å². The van der Waals surface area contributed by atoms with E-state index in [0.29, 0.717) is 19.3 Å². The molecule has 0 bridgehead atoms. The Morgan fingerprint density at radius 2 is 1.50 bits per heavy atom. The number of hydrogen-bond donors (Lipinski definition) is 6. The van der Waals surface area contributed by atoms with Gasteiger partial charge >= 0.3 is 11.9 Å². The fourth-order valence-corrected chi connectivity index (χ4v) is 7.19. The maximum atomic E-state index is 13.5. The Hall–Kier alpha value is -2.70. The van der Waals surface area contributed by atoms with Crippen LogP contribution in [0.25, 0.3) is 0 Å². The molecular formula is C35H50O15. The van der Waals surface area contributed by atoms with Crippen LogP contribution >= 0.6 is 0 Å². The lowest BCUT2D eigenvalue weighted by Gasteiger charge is -2.47. The summed E-state index contributed by atoms with van der Waals surface area (Å²) in [6, 6.07) is 8.04. The monoisotopic (exact) mass is 710 g/mol. The van der Waals surface area contributed by atoms with E-state index in [1.54, 1.807) is 25.1 Å². The predicted octanol–water partition coefficient (Wildman–Crippen LogP) is 1.57. The Balaban J connectivity index is 1.46. The minimum atomic E-state index is -1.65. The van der Waals surface area contributed by atoms with Crippen molar-refractivity contribution in [2.45, 2.75) is 139 Å². The van der Waals surface area contributed by atoms with Gasteiger partial charge in [-0.1, -0.05) is 50.8 Å². The van der Waals surface area contributed by atoms with E-state index in [0.717, 1.165) is 32.1 Å². The minimum absolute atomic E-state index is 0.0813. The number of carbonyl (C=O) groups is 2. The SMILES string of the molecule is CC1CCCC(OC2OC(CO)C(O)C(O/C(=C\C3CCCCC3)C(=O)OO)C2OC(=O)c2ccccc2)C1OC1OC(C)C(O)C(O)C1O. The molecule has 2 saturated carbocycles. The molecule has 0 spiro atoms. The largest absolute Gasteiger partial charge is 0.476 e. The summed E-state index contributed by atoms with van der Waals surface area (Å²) in [5.41, 5.74) is 0.169. The van der Waals surface area contributed by atoms with Crippen molar-refractivity contribution in [3.8, 4) is 0 Å². The summed E-state index contributed by atoms with van der Waals surface area (Å²) < 4.78 is 36.4. The van der Waals surface area contributed by atoms with Crippen LogP contribution in [0.5, 0.6) is 0 Å². The third-order valence-electron chi connectivity index (χ3n) is 10.1. The second kappa shape index (κ2) is 17.7. The Bertz CT molecular complexity index is 1270. The molecule has 2 saturated heterocycles. The third-order valence-corrected chi connectivity index (χ3v) is 10.1. The molecule has 5 rings (SSSR count). The maximum Gasteiger partial charge on any atom is 0.406 e. The van der Waals surface area contributed by atoms with Gasteiger partial charge in [0.15, 0.2) is 24.8 Å². The summed E-state index contributed by atoms with van der Waals surface area (Å²) in [6.07, 6.45) is -7.87. The van der Waals surface area contributed by atoms with Gasteiger partial charge in [0.2, 0.25) is 5.76 Å². The van der Waals surface area contributed by atoms with Crippen molar-refractivity contribution >= 4 is 11.9 Å². The first-order valence-corrected chi connectivity index (χ1v) is 17.5. The van der Waals surface area contributed by atoms with Crippen molar-refractivity contribution in [2.24, 2.45) is 11.8 Å². The zero-order valence-corrected chi connectivity index (χ0v) is 28.3. The quantitative estimate of drug-likeness (QED) is 0.0631. The Morgan fingerprint density at radius 1 is 0.780 bits per heavy atom. The Morgan fingerprint density at radius 3 is 2.18 bits per heavy atom. The topological polar surface area (TPSA) is 220 Å². The van der Waals surface area contributed by atoms with Gasteiger partial charge in [-0.25, -0.2) is 9.59 Å². The van der Waals surface area contributed by atoms with Crippen molar-refractivity contribution in [3.63, 3.8) is 0 Å².